The zero-order chi connectivity index (χ0) is 16.5. The molecule has 118 valence electrons. The number of amides is 1. The minimum Gasteiger partial charge on any atom is -0.321 e. The molecule has 0 aliphatic carbocycles. The van der Waals surface area contributed by atoms with Gasteiger partial charge in [-0.25, -0.2) is 4.98 Å². The van der Waals surface area contributed by atoms with Crippen molar-refractivity contribution in [1.29, 1.82) is 0 Å². The van der Waals surface area contributed by atoms with Crippen LogP contribution in [0, 0.1) is 0 Å². The molecular weight excluding hydrogens is 342 g/mol. The Balaban J connectivity index is 1.70. The summed E-state index contributed by atoms with van der Waals surface area (Å²) in [5, 5.41) is 5.34. The van der Waals surface area contributed by atoms with Crippen molar-refractivity contribution < 1.29 is 4.79 Å². The first-order valence-electron chi connectivity index (χ1n) is 7.30. The van der Waals surface area contributed by atoms with E-state index >= 15 is 0 Å². The molecular formula is C18H12ClN3OS. The van der Waals surface area contributed by atoms with E-state index in [1.54, 1.807) is 35.6 Å². The van der Waals surface area contributed by atoms with Crippen LogP contribution < -0.4 is 5.32 Å². The van der Waals surface area contributed by atoms with E-state index in [2.05, 4.69) is 10.3 Å². The third-order valence-corrected chi connectivity index (χ3v) is 4.76. The Morgan fingerprint density at radius 2 is 1.92 bits per heavy atom. The van der Waals surface area contributed by atoms with Crippen LogP contribution in [-0.2, 0) is 0 Å². The molecule has 0 aliphatic rings. The summed E-state index contributed by atoms with van der Waals surface area (Å²) in [5.41, 5.74) is 2.83. The number of anilines is 1. The number of para-hydroxylation sites is 1. The van der Waals surface area contributed by atoms with Crippen LogP contribution in [0.3, 0.4) is 0 Å². The molecule has 4 nitrogen and oxygen atoms in total. The molecule has 0 saturated heterocycles. The summed E-state index contributed by atoms with van der Waals surface area (Å²) in [7, 11) is 0. The van der Waals surface area contributed by atoms with E-state index < -0.39 is 0 Å². The quantitative estimate of drug-likeness (QED) is 0.565. The lowest BCUT2D eigenvalue weighted by Gasteiger charge is -2.10. The first-order valence-corrected chi connectivity index (χ1v) is 8.55. The Morgan fingerprint density at radius 1 is 1.12 bits per heavy atom. The van der Waals surface area contributed by atoms with Crippen LogP contribution in [0.2, 0.25) is 5.02 Å². The fraction of sp³-hybridized carbons (Fsp3) is 0. The van der Waals surface area contributed by atoms with E-state index in [9.17, 15) is 4.79 Å². The van der Waals surface area contributed by atoms with E-state index in [4.69, 9.17) is 11.6 Å². The second-order valence-corrected chi connectivity index (χ2v) is 6.48. The van der Waals surface area contributed by atoms with Crippen molar-refractivity contribution in [3.63, 3.8) is 0 Å². The Kier molecular flexibility index (Phi) is 3.80. The molecule has 1 amide bonds. The lowest BCUT2D eigenvalue weighted by molar-refractivity contribution is 0.102. The maximum absolute atomic E-state index is 12.5. The molecule has 0 unspecified atom stereocenters. The maximum atomic E-state index is 12.5. The molecule has 2 aromatic carbocycles. The lowest BCUT2D eigenvalue weighted by Crippen LogP contribution is -2.13. The summed E-state index contributed by atoms with van der Waals surface area (Å²) in [4.78, 5) is 18.0. The Hall–Kier alpha value is -2.63. The molecule has 0 fully saturated rings. The van der Waals surface area contributed by atoms with Gasteiger partial charge in [0.05, 0.1) is 22.0 Å². The van der Waals surface area contributed by atoms with Crippen molar-refractivity contribution in [2.24, 2.45) is 0 Å². The van der Waals surface area contributed by atoms with Crippen LogP contribution in [0.15, 0.2) is 66.3 Å². The number of hydrogen-bond donors (Lipinski definition) is 1. The number of thiazole rings is 1. The van der Waals surface area contributed by atoms with Crippen molar-refractivity contribution in [3.05, 3.63) is 76.9 Å². The normalized spacial score (nSPS) is 10.9. The number of rotatable bonds is 3. The first-order chi connectivity index (χ1) is 11.7. The molecule has 1 N–H and O–H groups in total. The first kappa shape index (κ1) is 14.9. The van der Waals surface area contributed by atoms with Gasteiger partial charge >= 0.3 is 0 Å². The number of carbonyl (C=O) groups excluding carboxylic acids is 1. The number of nitrogens with one attached hydrogen (secondary N) is 1. The van der Waals surface area contributed by atoms with Crippen LogP contribution >= 0.6 is 22.9 Å². The van der Waals surface area contributed by atoms with Gasteiger partial charge in [0.2, 0.25) is 0 Å². The highest BCUT2D eigenvalue weighted by Gasteiger charge is 2.14. The predicted octanol–water partition coefficient (Wildman–Crippen LogP) is 4.97. The van der Waals surface area contributed by atoms with Crippen LogP contribution in [-0.4, -0.2) is 15.3 Å². The Bertz CT molecular complexity index is 1010. The highest BCUT2D eigenvalue weighted by Crippen LogP contribution is 2.29. The average molecular weight is 354 g/mol. The number of halogens is 1. The molecule has 0 atom stereocenters. The highest BCUT2D eigenvalue weighted by molar-refractivity contribution is 7.15. The molecule has 4 rings (SSSR count). The van der Waals surface area contributed by atoms with Gasteiger partial charge < -0.3 is 5.32 Å². The summed E-state index contributed by atoms with van der Waals surface area (Å²) in [6.45, 7) is 0. The van der Waals surface area contributed by atoms with Crippen molar-refractivity contribution in [1.82, 2.24) is 9.38 Å². The van der Waals surface area contributed by atoms with Gasteiger partial charge in [0.1, 0.15) is 0 Å². The summed E-state index contributed by atoms with van der Waals surface area (Å²) in [6.07, 6.45) is 3.91. The van der Waals surface area contributed by atoms with E-state index in [1.165, 1.54) is 0 Å². The van der Waals surface area contributed by atoms with Gasteiger partial charge in [-0.2, -0.15) is 0 Å². The fourth-order valence-electron chi connectivity index (χ4n) is 2.51. The van der Waals surface area contributed by atoms with E-state index in [0.29, 0.717) is 16.3 Å². The molecule has 0 spiro atoms. The van der Waals surface area contributed by atoms with Crippen molar-refractivity contribution >= 4 is 39.5 Å². The van der Waals surface area contributed by atoms with Crippen LogP contribution in [0.1, 0.15) is 10.4 Å². The topological polar surface area (TPSA) is 46.4 Å². The number of fused-ring (bicyclic) bond motifs is 1. The van der Waals surface area contributed by atoms with Gasteiger partial charge in [-0.15, -0.1) is 11.3 Å². The monoisotopic (exact) mass is 353 g/mol. The maximum Gasteiger partial charge on any atom is 0.257 e. The Morgan fingerprint density at radius 3 is 2.75 bits per heavy atom. The SMILES string of the molecule is O=C(Nc1ccccc1-c1cn2ccsc2n1)c1ccccc1Cl. The zero-order valence-corrected chi connectivity index (χ0v) is 14.0. The molecule has 24 heavy (non-hydrogen) atoms. The second-order valence-electron chi connectivity index (χ2n) is 5.20. The second kappa shape index (κ2) is 6.11. The molecule has 0 saturated carbocycles. The number of benzene rings is 2. The van der Waals surface area contributed by atoms with Gasteiger partial charge in [-0.1, -0.05) is 41.9 Å². The highest BCUT2D eigenvalue weighted by atomic mass is 35.5. The molecule has 2 aromatic heterocycles. The fourth-order valence-corrected chi connectivity index (χ4v) is 3.43. The van der Waals surface area contributed by atoms with E-state index in [-0.39, 0.29) is 5.91 Å². The number of carbonyl (C=O) groups is 1. The van der Waals surface area contributed by atoms with Gasteiger partial charge in [-0.3, -0.25) is 9.20 Å². The zero-order valence-electron chi connectivity index (χ0n) is 12.4. The summed E-state index contributed by atoms with van der Waals surface area (Å²) < 4.78 is 1.96. The van der Waals surface area contributed by atoms with E-state index in [0.717, 1.165) is 16.2 Å². The number of hydrogen-bond acceptors (Lipinski definition) is 3. The van der Waals surface area contributed by atoms with Crippen molar-refractivity contribution in [2.75, 3.05) is 5.32 Å². The minimum atomic E-state index is -0.242. The van der Waals surface area contributed by atoms with Gasteiger partial charge in [0.25, 0.3) is 5.91 Å². The van der Waals surface area contributed by atoms with Crippen molar-refractivity contribution in [3.8, 4) is 11.3 Å². The largest absolute Gasteiger partial charge is 0.321 e. The van der Waals surface area contributed by atoms with Crippen LogP contribution in [0.25, 0.3) is 16.2 Å². The minimum absolute atomic E-state index is 0.242. The lowest BCUT2D eigenvalue weighted by atomic mass is 10.1. The van der Waals surface area contributed by atoms with Crippen molar-refractivity contribution in [2.45, 2.75) is 0 Å². The molecule has 2 heterocycles. The third kappa shape index (κ3) is 2.68. The molecule has 0 bridgehead atoms. The van der Waals surface area contributed by atoms with Crippen LogP contribution in [0.4, 0.5) is 5.69 Å². The van der Waals surface area contributed by atoms with Gasteiger partial charge in [0, 0.05) is 23.3 Å². The van der Waals surface area contributed by atoms with Gasteiger partial charge in [0.15, 0.2) is 4.96 Å². The molecule has 6 heteroatoms. The average Bonchev–Trinajstić information content (AvgIpc) is 3.17. The number of nitrogens with zero attached hydrogens (tertiary/aromatic N) is 2. The van der Waals surface area contributed by atoms with Crippen LogP contribution in [0.5, 0.6) is 0 Å². The molecule has 0 aliphatic heterocycles. The standard InChI is InChI=1S/C18H12ClN3OS/c19-14-7-3-1-5-12(14)17(23)20-15-8-4-2-6-13(15)16-11-22-9-10-24-18(22)21-16/h1-11H,(H,20,23). The molecule has 4 aromatic rings. The Labute approximate surface area is 147 Å². The van der Waals surface area contributed by atoms with Gasteiger partial charge in [-0.05, 0) is 18.2 Å². The third-order valence-electron chi connectivity index (χ3n) is 3.66. The smallest absolute Gasteiger partial charge is 0.257 e. The molecule has 0 radical (unpaired) electrons. The number of aromatic nitrogens is 2. The van der Waals surface area contributed by atoms with E-state index in [1.807, 2.05) is 46.4 Å². The summed E-state index contributed by atoms with van der Waals surface area (Å²) in [5.74, 6) is -0.242. The summed E-state index contributed by atoms with van der Waals surface area (Å²) in [6, 6.07) is 14.6. The summed E-state index contributed by atoms with van der Waals surface area (Å²) >= 11 is 7.67. The predicted molar refractivity (Wildman–Crippen MR) is 97.9 cm³/mol. The number of imidazole rings is 1.